The molecule has 0 aromatic rings. The van der Waals surface area contributed by atoms with Gasteiger partial charge in [0, 0.05) is 31.2 Å². The molecule has 0 radical (unpaired) electrons. The lowest BCUT2D eigenvalue weighted by Gasteiger charge is -2.73. The minimum absolute atomic E-state index is 0.0183. The molecule has 0 amide bonds. The molecule has 12 atom stereocenters. The molecule has 0 spiro atoms. The molecule has 5 saturated carbocycles. The van der Waals surface area contributed by atoms with Gasteiger partial charge in [0.1, 0.15) is 0 Å². The van der Waals surface area contributed by atoms with Crippen LogP contribution in [0.4, 0.5) is 0 Å². The van der Waals surface area contributed by atoms with E-state index in [4.69, 9.17) is 4.43 Å². The molecule has 0 bridgehead atoms. The summed E-state index contributed by atoms with van der Waals surface area (Å²) in [6.45, 7) is 35.7. The lowest BCUT2D eigenvalue weighted by Crippen LogP contribution is -2.69. The van der Waals surface area contributed by atoms with Gasteiger partial charge in [0.2, 0.25) is 0 Å². The second-order valence-electron chi connectivity index (χ2n) is 21.9. The summed E-state index contributed by atoms with van der Waals surface area (Å²) in [5.41, 5.74) is 2.28. The van der Waals surface area contributed by atoms with Crippen LogP contribution in [0.5, 0.6) is 0 Å². The summed E-state index contributed by atoms with van der Waals surface area (Å²) >= 11 is 0. The molecule has 6 rings (SSSR count). The van der Waals surface area contributed by atoms with Gasteiger partial charge in [-0.25, -0.2) is 8.42 Å². The van der Waals surface area contributed by atoms with Gasteiger partial charge in [-0.05, 0) is 147 Å². The Morgan fingerprint density at radius 2 is 1.57 bits per heavy atom. The van der Waals surface area contributed by atoms with Crippen LogP contribution in [0, 0.1) is 51.2 Å². The third-order valence-electron chi connectivity index (χ3n) is 18.4. The molecule has 1 saturated heterocycles. The Bertz CT molecular complexity index is 1430. The van der Waals surface area contributed by atoms with Crippen LogP contribution in [-0.2, 0) is 14.3 Å². The number of nitrogens with zero attached hydrogens (tertiary/aromatic N) is 1. The zero-order valence-electron chi connectivity index (χ0n) is 35.0. The van der Waals surface area contributed by atoms with Crippen molar-refractivity contribution in [3.05, 3.63) is 12.2 Å². The maximum absolute atomic E-state index is 12.6. The second kappa shape index (κ2) is 13.2. The number of sulfone groups is 1. The Hall–Kier alpha value is -0.253. The fraction of sp³-hybridized carbons (Fsp3) is 0.953. The second-order valence-corrected chi connectivity index (χ2v) is 29.0. The Morgan fingerprint density at radius 1 is 0.922 bits per heavy atom. The Labute approximate surface area is 315 Å². The first-order valence-electron chi connectivity index (χ1n) is 21.1. The predicted octanol–water partition coefficient (Wildman–Crippen LogP) is 8.86. The molecule has 1 heterocycles. The van der Waals surface area contributed by atoms with Crippen LogP contribution < -0.4 is 5.32 Å². The average Bonchev–Trinajstić information content (AvgIpc) is 3.40. The molecular formula is C43H78N2O4SSi. The molecule has 294 valence electrons. The molecule has 51 heavy (non-hydrogen) atoms. The molecule has 8 heteroatoms. The van der Waals surface area contributed by atoms with E-state index in [2.05, 4.69) is 99.1 Å². The van der Waals surface area contributed by atoms with Gasteiger partial charge in [0.25, 0.3) is 0 Å². The van der Waals surface area contributed by atoms with Gasteiger partial charge < -0.3 is 14.8 Å². The first-order valence-corrected chi connectivity index (χ1v) is 25.8. The van der Waals surface area contributed by atoms with Gasteiger partial charge in [-0.3, -0.25) is 4.90 Å². The van der Waals surface area contributed by atoms with Crippen molar-refractivity contribution >= 4 is 18.2 Å². The highest BCUT2D eigenvalue weighted by molar-refractivity contribution is 7.91. The standard InChI is InChI=1S/C43H78N2O4SSi/c1-29(2)31-16-21-43(44-28-33(45-24-26-50(47,48)27-25-45)30(3)49-51(12,13)38(4,5)6)23-22-41(10)32(37(31)43)14-15-35-40(9)19-18-36(46)39(7,8)34(40)17-20-42(35,41)11/h30-37,44,46H,1,14-28H2,2-13H3/t30-,31+,32-,33-,34+,35-,36+,37-,40+,41-,42-,43+/m1/s1. The highest BCUT2D eigenvalue weighted by Crippen LogP contribution is 2.76. The molecule has 6 nitrogen and oxygen atoms in total. The number of allylic oxidation sites excluding steroid dienone is 1. The summed E-state index contributed by atoms with van der Waals surface area (Å²) < 4.78 is 32.2. The first-order chi connectivity index (χ1) is 23.4. The minimum atomic E-state index is -2.97. The van der Waals surface area contributed by atoms with E-state index in [9.17, 15) is 13.5 Å². The molecule has 6 fully saturated rings. The van der Waals surface area contributed by atoms with Crippen LogP contribution in [0.15, 0.2) is 12.2 Å². The molecule has 2 N–H and O–H groups in total. The number of fused-ring (bicyclic) bond motifs is 7. The summed E-state index contributed by atoms with van der Waals surface area (Å²) in [4.78, 5) is 2.45. The summed E-state index contributed by atoms with van der Waals surface area (Å²) in [5.74, 6) is 3.55. The fourth-order valence-corrected chi connectivity index (χ4v) is 16.8. The van der Waals surface area contributed by atoms with Crippen LogP contribution >= 0.6 is 0 Å². The number of aliphatic hydroxyl groups is 1. The Kier molecular flexibility index (Phi) is 10.4. The Balaban J connectivity index is 1.30. The van der Waals surface area contributed by atoms with E-state index in [1.54, 1.807) is 0 Å². The van der Waals surface area contributed by atoms with Crippen LogP contribution in [0.25, 0.3) is 0 Å². The lowest BCUT2D eigenvalue weighted by atomic mass is 9.32. The highest BCUT2D eigenvalue weighted by atomic mass is 32.2. The van der Waals surface area contributed by atoms with Crippen molar-refractivity contribution in [1.82, 2.24) is 10.2 Å². The quantitative estimate of drug-likeness (QED) is 0.191. The van der Waals surface area contributed by atoms with Gasteiger partial charge >= 0.3 is 0 Å². The van der Waals surface area contributed by atoms with Crippen molar-refractivity contribution in [1.29, 1.82) is 0 Å². The van der Waals surface area contributed by atoms with Gasteiger partial charge in [0.05, 0.1) is 23.7 Å². The molecule has 0 unspecified atom stereocenters. The molecule has 0 aromatic heterocycles. The van der Waals surface area contributed by atoms with Crippen LogP contribution in [0.2, 0.25) is 18.1 Å². The van der Waals surface area contributed by atoms with E-state index in [0.717, 1.165) is 13.0 Å². The van der Waals surface area contributed by atoms with E-state index < -0.39 is 18.2 Å². The number of hydrogen-bond donors (Lipinski definition) is 2. The van der Waals surface area contributed by atoms with Crippen molar-refractivity contribution in [2.24, 2.45) is 51.2 Å². The van der Waals surface area contributed by atoms with Crippen molar-refractivity contribution < 1.29 is 18.0 Å². The van der Waals surface area contributed by atoms with Crippen molar-refractivity contribution in [3.63, 3.8) is 0 Å². The zero-order chi connectivity index (χ0) is 37.8. The zero-order valence-corrected chi connectivity index (χ0v) is 36.8. The Morgan fingerprint density at radius 3 is 2.18 bits per heavy atom. The normalized spacial score (nSPS) is 45.1. The van der Waals surface area contributed by atoms with Crippen LogP contribution in [0.1, 0.15) is 133 Å². The van der Waals surface area contributed by atoms with E-state index in [1.165, 1.54) is 63.4 Å². The predicted molar refractivity (Wildman–Crippen MR) is 215 cm³/mol. The monoisotopic (exact) mass is 747 g/mol. The van der Waals surface area contributed by atoms with Gasteiger partial charge in [-0.2, -0.15) is 0 Å². The van der Waals surface area contributed by atoms with Crippen molar-refractivity contribution in [2.45, 2.75) is 175 Å². The SMILES string of the molecule is C=C(C)[C@@H]1CC[C@]2(NC[C@H]([C@@H](C)O[Si](C)(C)C(C)(C)C)N3CCS(=O)(=O)CC3)CC[C@]3(C)[C@H](CC[C@@H]4[C@@]5(C)CC[C@H](O)C(C)(C)[C@@H]5CC[C@]43C)[C@@H]12. The van der Waals surface area contributed by atoms with Gasteiger partial charge in [-0.15, -0.1) is 0 Å². The van der Waals surface area contributed by atoms with Crippen molar-refractivity contribution in [3.8, 4) is 0 Å². The first kappa shape index (κ1) is 40.4. The summed E-state index contributed by atoms with van der Waals surface area (Å²) in [7, 11) is -5.01. The molecule has 1 aliphatic heterocycles. The van der Waals surface area contributed by atoms with Crippen LogP contribution in [-0.4, -0.2) is 81.7 Å². The lowest BCUT2D eigenvalue weighted by molar-refractivity contribution is -0.243. The maximum atomic E-state index is 12.6. The van der Waals surface area contributed by atoms with E-state index >= 15 is 0 Å². The topological polar surface area (TPSA) is 78.9 Å². The number of aliphatic hydroxyl groups excluding tert-OH is 1. The number of nitrogens with one attached hydrogen (secondary N) is 1. The van der Waals surface area contributed by atoms with E-state index in [1.807, 2.05) is 0 Å². The third-order valence-corrected chi connectivity index (χ3v) is 24.6. The van der Waals surface area contributed by atoms with E-state index in [-0.39, 0.29) is 56.6 Å². The summed E-state index contributed by atoms with van der Waals surface area (Å²) in [6, 6.07) is 0.135. The third kappa shape index (κ3) is 6.44. The number of rotatable bonds is 8. The van der Waals surface area contributed by atoms with Crippen molar-refractivity contribution in [2.75, 3.05) is 31.1 Å². The van der Waals surface area contributed by atoms with E-state index in [0.29, 0.717) is 48.1 Å². The maximum Gasteiger partial charge on any atom is 0.192 e. The molecule has 6 aliphatic rings. The number of hydrogen-bond acceptors (Lipinski definition) is 6. The van der Waals surface area contributed by atoms with Gasteiger partial charge in [0.15, 0.2) is 18.2 Å². The highest BCUT2D eigenvalue weighted by Gasteiger charge is 2.71. The molecular weight excluding hydrogens is 669 g/mol. The molecule has 0 aromatic carbocycles. The summed E-state index contributed by atoms with van der Waals surface area (Å²) in [5, 5.41) is 15.7. The fourth-order valence-electron chi connectivity index (χ4n) is 14.1. The van der Waals surface area contributed by atoms with Crippen LogP contribution in [0.3, 0.4) is 0 Å². The minimum Gasteiger partial charge on any atom is -0.413 e. The largest absolute Gasteiger partial charge is 0.413 e. The average molecular weight is 747 g/mol. The molecule has 5 aliphatic carbocycles. The smallest absolute Gasteiger partial charge is 0.192 e. The van der Waals surface area contributed by atoms with Gasteiger partial charge in [-0.1, -0.05) is 67.5 Å². The summed E-state index contributed by atoms with van der Waals surface area (Å²) in [6.07, 6.45) is 12.0.